The van der Waals surface area contributed by atoms with Crippen molar-refractivity contribution in [1.29, 1.82) is 0 Å². The molecule has 0 aromatic carbocycles. The fraction of sp³-hybridized carbons (Fsp3) is 0.125. The standard InChI is InChI=1S/C8H8N4O2/c1-9-8(14)5-4-7(13)12-6(11-5)2-3-10-12/h2-4,10H,1H3,(H,9,14). The first-order valence-corrected chi connectivity index (χ1v) is 4.01. The monoisotopic (exact) mass is 192 g/mol. The van der Waals surface area contributed by atoms with Crippen molar-refractivity contribution in [3.63, 3.8) is 0 Å². The highest BCUT2D eigenvalue weighted by molar-refractivity contribution is 5.92. The lowest BCUT2D eigenvalue weighted by atomic mass is 10.4. The Bertz CT molecular complexity index is 540. The summed E-state index contributed by atoms with van der Waals surface area (Å²) in [5, 5.41) is 5.09. The largest absolute Gasteiger partial charge is 0.354 e. The van der Waals surface area contributed by atoms with Crippen LogP contribution in [0, 0.1) is 0 Å². The van der Waals surface area contributed by atoms with Crippen LogP contribution in [0.15, 0.2) is 23.1 Å². The molecule has 2 heterocycles. The molecule has 0 saturated heterocycles. The van der Waals surface area contributed by atoms with E-state index in [0.717, 1.165) is 0 Å². The van der Waals surface area contributed by atoms with Gasteiger partial charge in [-0.15, -0.1) is 0 Å². The highest BCUT2D eigenvalue weighted by Crippen LogP contribution is 1.96. The summed E-state index contributed by atoms with van der Waals surface area (Å²) < 4.78 is 1.26. The molecule has 14 heavy (non-hydrogen) atoms. The van der Waals surface area contributed by atoms with Crippen LogP contribution in [0.2, 0.25) is 0 Å². The van der Waals surface area contributed by atoms with Crippen LogP contribution in [0.5, 0.6) is 0 Å². The zero-order chi connectivity index (χ0) is 10.1. The molecule has 1 amide bonds. The Hall–Kier alpha value is -2.11. The van der Waals surface area contributed by atoms with Crippen LogP contribution in [-0.2, 0) is 0 Å². The lowest BCUT2D eigenvalue weighted by molar-refractivity contribution is 0.0958. The maximum absolute atomic E-state index is 11.4. The van der Waals surface area contributed by atoms with Gasteiger partial charge in [-0.1, -0.05) is 0 Å². The Morgan fingerprint density at radius 3 is 3.14 bits per heavy atom. The van der Waals surface area contributed by atoms with Gasteiger partial charge >= 0.3 is 0 Å². The van der Waals surface area contributed by atoms with E-state index in [-0.39, 0.29) is 17.2 Å². The Morgan fingerprint density at radius 1 is 1.64 bits per heavy atom. The first-order valence-electron chi connectivity index (χ1n) is 4.01. The van der Waals surface area contributed by atoms with Crippen molar-refractivity contribution < 1.29 is 4.79 Å². The topological polar surface area (TPSA) is 79.3 Å². The van der Waals surface area contributed by atoms with Crippen LogP contribution in [0.3, 0.4) is 0 Å². The molecule has 6 nitrogen and oxygen atoms in total. The average Bonchev–Trinajstić information content (AvgIpc) is 2.64. The van der Waals surface area contributed by atoms with E-state index >= 15 is 0 Å². The number of amides is 1. The van der Waals surface area contributed by atoms with Gasteiger partial charge in [-0.2, -0.15) is 0 Å². The highest BCUT2D eigenvalue weighted by atomic mass is 16.2. The summed E-state index contributed by atoms with van der Waals surface area (Å²) in [5.74, 6) is -0.370. The molecule has 0 aliphatic heterocycles. The molecule has 0 fully saturated rings. The Morgan fingerprint density at radius 2 is 2.43 bits per heavy atom. The average molecular weight is 192 g/mol. The normalized spacial score (nSPS) is 10.4. The lowest BCUT2D eigenvalue weighted by Gasteiger charge is -1.98. The Labute approximate surface area is 78.6 Å². The van der Waals surface area contributed by atoms with E-state index in [4.69, 9.17) is 0 Å². The number of carbonyl (C=O) groups is 1. The van der Waals surface area contributed by atoms with Crippen molar-refractivity contribution in [3.05, 3.63) is 34.4 Å². The van der Waals surface area contributed by atoms with Crippen LogP contribution >= 0.6 is 0 Å². The maximum atomic E-state index is 11.4. The fourth-order valence-corrected chi connectivity index (χ4v) is 1.17. The second kappa shape index (κ2) is 2.99. The molecule has 0 aliphatic carbocycles. The predicted octanol–water partition coefficient (Wildman–Crippen LogP) is -0.618. The van der Waals surface area contributed by atoms with Crippen LogP contribution in [0.1, 0.15) is 10.5 Å². The van der Waals surface area contributed by atoms with Gasteiger partial charge < -0.3 is 5.32 Å². The van der Waals surface area contributed by atoms with Crippen LogP contribution in [0.25, 0.3) is 5.65 Å². The molecule has 0 saturated carbocycles. The van der Waals surface area contributed by atoms with Gasteiger partial charge in [0, 0.05) is 25.4 Å². The molecule has 0 aliphatic rings. The van der Waals surface area contributed by atoms with E-state index in [1.54, 1.807) is 12.3 Å². The quantitative estimate of drug-likeness (QED) is 0.632. The summed E-state index contributed by atoms with van der Waals surface area (Å²) in [6.45, 7) is 0. The minimum absolute atomic E-state index is 0.122. The summed E-state index contributed by atoms with van der Waals surface area (Å²) in [6.07, 6.45) is 1.58. The summed E-state index contributed by atoms with van der Waals surface area (Å²) in [4.78, 5) is 26.6. The molecule has 2 aromatic heterocycles. The van der Waals surface area contributed by atoms with Gasteiger partial charge in [-0.3, -0.25) is 14.7 Å². The molecule has 72 valence electrons. The van der Waals surface area contributed by atoms with Crippen molar-refractivity contribution in [2.24, 2.45) is 0 Å². The number of nitrogens with zero attached hydrogens (tertiary/aromatic N) is 2. The van der Waals surface area contributed by atoms with Gasteiger partial charge in [-0.05, 0) is 0 Å². The van der Waals surface area contributed by atoms with Crippen molar-refractivity contribution in [1.82, 2.24) is 19.9 Å². The molecular weight excluding hydrogens is 184 g/mol. The van der Waals surface area contributed by atoms with Crippen LogP contribution in [0.4, 0.5) is 0 Å². The summed E-state index contributed by atoms with van der Waals surface area (Å²) in [5.41, 5.74) is 0.242. The van der Waals surface area contributed by atoms with Crippen LogP contribution < -0.4 is 10.9 Å². The van der Waals surface area contributed by atoms with E-state index in [2.05, 4.69) is 15.4 Å². The van der Waals surface area contributed by atoms with Crippen molar-refractivity contribution in [2.45, 2.75) is 0 Å². The molecule has 0 bridgehead atoms. The first kappa shape index (κ1) is 8.49. The van der Waals surface area contributed by atoms with E-state index < -0.39 is 0 Å². The second-order valence-electron chi connectivity index (χ2n) is 2.71. The zero-order valence-electron chi connectivity index (χ0n) is 7.44. The highest BCUT2D eigenvalue weighted by Gasteiger charge is 2.08. The third kappa shape index (κ3) is 1.17. The first-order chi connectivity index (χ1) is 6.72. The van der Waals surface area contributed by atoms with E-state index in [0.29, 0.717) is 5.65 Å². The second-order valence-corrected chi connectivity index (χ2v) is 2.71. The molecule has 2 aromatic rings. The number of aromatic amines is 1. The van der Waals surface area contributed by atoms with E-state index in [9.17, 15) is 9.59 Å². The number of hydrogen-bond acceptors (Lipinski definition) is 3. The molecule has 0 unspecified atom stereocenters. The van der Waals surface area contributed by atoms with Crippen molar-refractivity contribution in [2.75, 3.05) is 7.05 Å². The van der Waals surface area contributed by atoms with Gasteiger partial charge in [-0.25, -0.2) is 9.50 Å². The number of carbonyl (C=O) groups excluding carboxylic acids is 1. The van der Waals surface area contributed by atoms with Gasteiger partial charge in [0.2, 0.25) is 0 Å². The molecule has 2 rings (SSSR count). The van der Waals surface area contributed by atoms with Gasteiger partial charge in [0.25, 0.3) is 11.5 Å². The van der Waals surface area contributed by atoms with Crippen molar-refractivity contribution in [3.8, 4) is 0 Å². The number of nitrogens with one attached hydrogen (secondary N) is 2. The Kier molecular flexibility index (Phi) is 1.81. The van der Waals surface area contributed by atoms with E-state index in [1.807, 2.05) is 0 Å². The summed E-state index contributed by atoms with van der Waals surface area (Å²) in [7, 11) is 1.49. The number of fused-ring (bicyclic) bond motifs is 1. The Balaban J connectivity index is 2.70. The van der Waals surface area contributed by atoms with Gasteiger partial charge in [0.1, 0.15) is 5.69 Å². The summed E-state index contributed by atoms with van der Waals surface area (Å²) >= 11 is 0. The third-order valence-corrected chi connectivity index (χ3v) is 1.84. The van der Waals surface area contributed by atoms with Crippen LogP contribution in [-0.4, -0.2) is 27.6 Å². The molecule has 0 atom stereocenters. The number of rotatable bonds is 1. The SMILES string of the molecule is CNC(=O)c1cc(=O)n2[nH]ccc2n1. The molecular formula is C8H8N4O2. The zero-order valence-corrected chi connectivity index (χ0v) is 7.44. The summed E-state index contributed by atoms with van der Waals surface area (Å²) in [6, 6.07) is 2.80. The predicted molar refractivity (Wildman–Crippen MR) is 49.2 cm³/mol. The smallest absolute Gasteiger partial charge is 0.273 e. The maximum Gasteiger partial charge on any atom is 0.273 e. The van der Waals surface area contributed by atoms with E-state index in [1.165, 1.54) is 17.6 Å². The number of H-pyrrole nitrogens is 1. The molecule has 0 radical (unpaired) electrons. The minimum atomic E-state index is -0.370. The number of hydrogen-bond donors (Lipinski definition) is 2. The molecule has 6 heteroatoms. The number of aromatic nitrogens is 3. The lowest BCUT2D eigenvalue weighted by Crippen LogP contribution is -2.24. The third-order valence-electron chi connectivity index (χ3n) is 1.84. The van der Waals surface area contributed by atoms with Gasteiger partial charge in [0.15, 0.2) is 5.65 Å². The van der Waals surface area contributed by atoms with Crippen molar-refractivity contribution >= 4 is 11.6 Å². The molecule has 2 N–H and O–H groups in total. The molecule has 0 spiro atoms. The fourth-order valence-electron chi connectivity index (χ4n) is 1.17. The van der Waals surface area contributed by atoms with Gasteiger partial charge in [0.05, 0.1) is 0 Å². The minimum Gasteiger partial charge on any atom is -0.354 e.